The summed E-state index contributed by atoms with van der Waals surface area (Å²) in [6.45, 7) is 5.64. The molecular formula is C31H47N3O4S. The number of carboxylic acid groups (broad SMARTS) is 1. The van der Waals surface area contributed by atoms with Crippen LogP contribution < -0.4 is 15.4 Å². The van der Waals surface area contributed by atoms with Crippen molar-refractivity contribution in [3.63, 3.8) is 0 Å². The van der Waals surface area contributed by atoms with Crippen molar-refractivity contribution in [3.8, 4) is 5.75 Å². The van der Waals surface area contributed by atoms with Gasteiger partial charge in [-0.2, -0.15) is 0 Å². The van der Waals surface area contributed by atoms with Gasteiger partial charge in [0.25, 0.3) is 0 Å². The van der Waals surface area contributed by atoms with Gasteiger partial charge in [0, 0.05) is 28.3 Å². The number of aliphatic carboxylic acids is 1. The van der Waals surface area contributed by atoms with Gasteiger partial charge in [0.1, 0.15) is 11.8 Å². The van der Waals surface area contributed by atoms with Crippen LogP contribution in [0.3, 0.4) is 0 Å². The summed E-state index contributed by atoms with van der Waals surface area (Å²) >= 11 is 0. The second-order valence-corrected chi connectivity index (χ2v) is 12.4. The smallest absolute Gasteiger partial charge is 0.320 e. The van der Waals surface area contributed by atoms with Gasteiger partial charge in [0.2, 0.25) is 0 Å². The van der Waals surface area contributed by atoms with Crippen molar-refractivity contribution in [2.24, 2.45) is 0 Å². The average molecular weight is 558 g/mol. The lowest BCUT2D eigenvalue weighted by atomic mass is 9.88. The summed E-state index contributed by atoms with van der Waals surface area (Å²) in [5, 5.41) is 17.0. The Kier molecular flexibility index (Phi) is 12.0. The minimum Gasteiger partial charge on any atom is -0.496 e. The molecule has 1 unspecified atom stereocenters. The van der Waals surface area contributed by atoms with Crippen LogP contribution in [0.1, 0.15) is 81.5 Å². The lowest BCUT2D eigenvalue weighted by Gasteiger charge is -2.36. The maximum Gasteiger partial charge on any atom is 0.320 e. The molecule has 4 atom stereocenters. The van der Waals surface area contributed by atoms with Crippen LogP contribution in [-0.2, 0) is 22.1 Å². The molecule has 1 heterocycles. The van der Waals surface area contributed by atoms with E-state index >= 15 is 0 Å². The molecule has 0 aromatic heterocycles. The van der Waals surface area contributed by atoms with Gasteiger partial charge < -0.3 is 20.1 Å². The fraction of sp³-hybridized carbons (Fsp3) is 0.581. The van der Waals surface area contributed by atoms with E-state index in [0.717, 1.165) is 66.7 Å². The van der Waals surface area contributed by atoms with Crippen LogP contribution in [0.2, 0.25) is 0 Å². The predicted molar refractivity (Wildman–Crippen MR) is 159 cm³/mol. The second-order valence-electron chi connectivity index (χ2n) is 11.0. The summed E-state index contributed by atoms with van der Waals surface area (Å²) in [7, 11) is 4.46. The lowest BCUT2D eigenvalue weighted by Crippen LogP contribution is -2.49. The number of nitrogens with one attached hydrogen (secondary N) is 2. The highest BCUT2D eigenvalue weighted by Crippen LogP contribution is 2.39. The molecule has 3 rings (SSSR count). The molecule has 0 radical (unpaired) electrons. The number of unbranched alkanes of at least 4 members (excludes halogenated alkanes) is 2. The van der Waals surface area contributed by atoms with Crippen molar-refractivity contribution in [3.05, 3.63) is 59.2 Å². The topological polar surface area (TPSA) is 90.9 Å². The Morgan fingerprint density at radius 1 is 1.21 bits per heavy atom. The average Bonchev–Trinajstić information content (AvgIpc) is 3.05. The number of rotatable bonds is 15. The van der Waals surface area contributed by atoms with Gasteiger partial charge in [-0.15, -0.1) is 0 Å². The van der Waals surface area contributed by atoms with Gasteiger partial charge in [-0.05, 0) is 69.6 Å². The first-order valence-electron chi connectivity index (χ1n) is 14.3. The molecule has 0 saturated heterocycles. The van der Waals surface area contributed by atoms with E-state index in [0.29, 0.717) is 24.5 Å². The quantitative estimate of drug-likeness (QED) is 0.262. The summed E-state index contributed by atoms with van der Waals surface area (Å²) in [5.41, 5.74) is 2.68. The molecule has 1 aliphatic heterocycles. The fourth-order valence-electron chi connectivity index (χ4n) is 5.39. The molecule has 39 heavy (non-hydrogen) atoms. The Balaban J connectivity index is 1.95. The third-order valence-corrected chi connectivity index (χ3v) is 9.49. The zero-order chi connectivity index (χ0) is 28.4. The van der Waals surface area contributed by atoms with Crippen LogP contribution in [0.5, 0.6) is 5.75 Å². The van der Waals surface area contributed by atoms with E-state index in [1.54, 1.807) is 7.11 Å². The molecular weight excluding hydrogens is 510 g/mol. The van der Waals surface area contributed by atoms with Crippen LogP contribution >= 0.6 is 0 Å². The van der Waals surface area contributed by atoms with Crippen molar-refractivity contribution in [2.45, 2.75) is 87.9 Å². The fourth-order valence-corrected chi connectivity index (χ4v) is 7.20. The van der Waals surface area contributed by atoms with Crippen LogP contribution in [-0.4, -0.2) is 65.3 Å². The van der Waals surface area contributed by atoms with E-state index in [9.17, 15) is 14.1 Å². The number of hydrogen-bond donors (Lipinski definition) is 3. The molecule has 0 saturated carbocycles. The Labute approximate surface area is 237 Å². The normalized spacial score (nSPS) is 21.8. The molecule has 2 aromatic rings. The molecule has 0 amide bonds. The van der Waals surface area contributed by atoms with Crippen LogP contribution in [0.4, 0.5) is 0 Å². The monoisotopic (exact) mass is 557 g/mol. The molecule has 0 bridgehead atoms. The summed E-state index contributed by atoms with van der Waals surface area (Å²) in [5.74, 6) is 0.368. The third kappa shape index (κ3) is 8.37. The third-order valence-electron chi connectivity index (χ3n) is 7.83. The molecule has 216 valence electrons. The number of hydrogen-bond acceptors (Lipinski definition) is 6. The number of methoxy groups -OCH3 is 1. The van der Waals surface area contributed by atoms with Crippen molar-refractivity contribution in [2.75, 3.05) is 33.5 Å². The molecule has 7 nitrogen and oxygen atoms in total. The molecule has 8 heteroatoms. The lowest BCUT2D eigenvalue weighted by molar-refractivity contribution is -0.139. The maximum atomic E-state index is 14.0. The van der Waals surface area contributed by atoms with E-state index in [-0.39, 0.29) is 11.6 Å². The molecule has 2 aromatic carbocycles. The molecule has 0 spiro atoms. The van der Waals surface area contributed by atoms with E-state index in [4.69, 9.17) is 4.74 Å². The largest absolute Gasteiger partial charge is 0.496 e. The van der Waals surface area contributed by atoms with Gasteiger partial charge >= 0.3 is 5.97 Å². The first-order valence-corrected chi connectivity index (χ1v) is 15.6. The number of nitrogens with zero attached hydrogens (tertiary/aromatic N) is 1. The Bertz CT molecular complexity index is 1090. The summed E-state index contributed by atoms with van der Waals surface area (Å²) in [4.78, 5) is 14.9. The number of fused-ring (bicyclic) bond motifs is 1. The summed E-state index contributed by atoms with van der Waals surface area (Å²) < 4.78 is 19.8. The van der Waals surface area contributed by atoms with E-state index in [2.05, 4.69) is 41.5 Å². The number of benzene rings is 2. The highest BCUT2D eigenvalue weighted by Gasteiger charge is 2.38. The molecule has 3 N–H and O–H groups in total. The first kappa shape index (κ1) is 31.3. The minimum absolute atomic E-state index is 0.121. The van der Waals surface area contributed by atoms with E-state index < -0.39 is 22.8 Å². The highest BCUT2D eigenvalue weighted by molar-refractivity contribution is 7.85. The van der Waals surface area contributed by atoms with Crippen LogP contribution in [0.25, 0.3) is 0 Å². The van der Waals surface area contributed by atoms with Gasteiger partial charge in [-0.3, -0.25) is 14.3 Å². The molecule has 0 fully saturated rings. The number of carboxylic acids is 1. The summed E-state index contributed by atoms with van der Waals surface area (Å²) in [6, 6.07) is 13.5. The Morgan fingerprint density at radius 2 is 1.95 bits per heavy atom. The SMILES string of the molecule is CCCC[C@]1(CC)CS(=O)c2cc(CN[C@@H](CCCCN(C)C)C(=O)O)c(OC)cc2[C@@H](c2ccccc2)N1. The van der Waals surface area contributed by atoms with E-state index in [1.807, 2.05) is 44.4 Å². The number of carbonyl (C=O) groups is 1. The van der Waals surface area contributed by atoms with Gasteiger partial charge in [0.15, 0.2) is 0 Å². The second kappa shape index (κ2) is 14.9. The van der Waals surface area contributed by atoms with Crippen LogP contribution in [0.15, 0.2) is 47.4 Å². The minimum atomic E-state index is -1.22. The predicted octanol–water partition coefficient (Wildman–Crippen LogP) is 5.11. The standard InChI is InChI=1S/C31H47N3O4S/c1-6-8-17-31(7-2)22-39(37)28-19-24(21-32-26(30(35)36)16-12-13-18-34(3)4)27(38-5)20-25(28)29(33-31)23-14-10-9-11-15-23/h9-11,14-15,19-20,26,29,32-33H,6-8,12-13,16-18,21-22H2,1-5H3,(H,35,36)/t26-,29+,31+,39?/m0/s1. The molecule has 0 aliphatic carbocycles. The van der Waals surface area contributed by atoms with E-state index in [1.165, 1.54) is 0 Å². The Hall–Kier alpha value is -2.26. The van der Waals surface area contributed by atoms with Gasteiger partial charge in [0.05, 0.1) is 24.0 Å². The van der Waals surface area contributed by atoms with Crippen molar-refractivity contribution >= 4 is 16.8 Å². The number of ether oxygens (including phenoxy) is 1. The van der Waals surface area contributed by atoms with Gasteiger partial charge in [-0.1, -0.05) is 63.4 Å². The highest BCUT2D eigenvalue weighted by atomic mass is 32.2. The van der Waals surface area contributed by atoms with Crippen molar-refractivity contribution in [1.82, 2.24) is 15.5 Å². The van der Waals surface area contributed by atoms with Crippen molar-refractivity contribution < 1.29 is 18.8 Å². The zero-order valence-corrected chi connectivity index (χ0v) is 25.1. The van der Waals surface area contributed by atoms with Crippen molar-refractivity contribution in [1.29, 1.82) is 0 Å². The Morgan fingerprint density at radius 3 is 2.56 bits per heavy atom. The van der Waals surface area contributed by atoms with Crippen LogP contribution in [0, 0.1) is 0 Å². The molecule has 1 aliphatic rings. The summed E-state index contributed by atoms with van der Waals surface area (Å²) in [6.07, 6.45) is 6.33. The zero-order valence-electron chi connectivity index (χ0n) is 24.3. The first-order chi connectivity index (χ1) is 18.7. The van der Waals surface area contributed by atoms with Gasteiger partial charge in [-0.25, -0.2) is 0 Å². The maximum absolute atomic E-state index is 14.0.